The molecule has 3 rings (SSSR count). The predicted molar refractivity (Wildman–Crippen MR) is 87.6 cm³/mol. The zero-order valence-electron chi connectivity index (χ0n) is 13.5. The van der Waals surface area contributed by atoms with E-state index in [-0.39, 0.29) is 18.1 Å². The Bertz CT molecular complexity index is 481. The van der Waals surface area contributed by atoms with Gasteiger partial charge in [-0.1, -0.05) is 49.6 Å². The Kier molecular flexibility index (Phi) is 5.14. The second-order valence-electron chi connectivity index (χ2n) is 6.69. The number of hydrogen-bond acceptors (Lipinski definition) is 2. The molecule has 0 aromatic heterocycles. The number of nitrogens with zero attached hydrogens (tertiary/aromatic N) is 1. The van der Waals surface area contributed by atoms with Crippen molar-refractivity contribution in [1.29, 1.82) is 0 Å². The normalized spacial score (nSPS) is 26.3. The smallest absolute Gasteiger partial charge is 0.226 e. The summed E-state index contributed by atoms with van der Waals surface area (Å²) in [5, 5.41) is 0. The van der Waals surface area contributed by atoms with Gasteiger partial charge in [0.2, 0.25) is 5.91 Å². The van der Waals surface area contributed by atoms with Crippen molar-refractivity contribution in [2.45, 2.75) is 57.1 Å². The van der Waals surface area contributed by atoms with Gasteiger partial charge in [0.05, 0.1) is 12.1 Å². The van der Waals surface area contributed by atoms with Crippen LogP contribution in [0.3, 0.4) is 0 Å². The van der Waals surface area contributed by atoms with Gasteiger partial charge >= 0.3 is 0 Å². The molecule has 3 nitrogen and oxygen atoms in total. The first-order valence-corrected chi connectivity index (χ1v) is 8.67. The van der Waals surface area contributed by atoms with Gasteiger partial charge in [-0.3, -0.25) is 4.79 Å². The second-order valence-corrected chi connectivity index (χ2v) is 6.69. The summed E-state index contributed by atoms with van der Waals surface area (Å²) in [6, 6.07) is 10.7. The topological polar surface area (TPSA) is 29.5 Å². The largest absolute Gasteiger partial charge is 0.379 e. The van der Waals surface area contributed by atoms with Crippen LogP contribution in [-0.4, -0.2) is 36.6 Å². The van der Waals surface area contributed by atoms with Gasteiger partial charge in [0.25, 0.3) is 0 Å². The molecule has 1 aromatic carbocycles. The summed E-state index contributed by atoms with van der Waals surface area (Å²) in [6.45, 7) is 0.853. The van der Waals surface area contributed by atoms with Crippen molar-refractivity contribution in [3.8, 4) is 0 Å². The van der Waals surface area contributed by atoms with E-state index in [1.807, 2.05) is 6.07 Å². The van der Waals surface area contributed by atoms with Gasteiger partial charge in [-0.05, 0) is 31.2 Å². The van der Waals surface area contributed by atoms with Crippen molar-refractivity contribution < 1.29 is 9.53 Å². The minimum atomic E-state index is 0.174. The maximum atomic E-state index is 12.9. The molecule has 0 N–H and O–H groups in total. The number of hydrogen-bond donors (Lipinski definition) is 0. The average Bonchev–Trinajstić information content (AvgIpc) is 2.98. The summed E-state index contributed by atoms with van der Waals surface area (Å²) in [7, 11) is 1.78. The maximum absolute atomic E-state index is 12.9. The van der Waals surface area contributed by atoms with Gasteiger partial charge in [0.15, 0.2) is 0 Å². The van der Waals surface area contributed by atoms with Crippen molar-refractivity contribution in [2.75, 3.05) is 13.7 Å². The monoisotopic (exact) mass is 301 g/mol. The average molecular weight is 301 g/mol. The van der Waals surface area contributed by atoms with Crippen LogP contribution in [0, 0.1) is 5.92 Å². The zero-order valence-corrected chi connectivity index (χ0v) is 13.5. The quantitative estimate of drug-likeness (QED) is 0.853. The van der Waals surface area contributed by atoms with Gasteiger partial charge in [0, 0.05) is 19.6 Å². The molecule has 3 heteroatoms. The van der Waals surface area contributed by atoms with E-state index in [1.54, 1.807) is 7.11 Å². The molecule has 1 aromatic rings. The Morgan fingerprint density at radius 1 is 1.14 bits per heavy atom. The Balaban J connectivity index is 1.72. The third kappa shape index (κ3) is 3.35. The minimum Gasteiger partial charge on any atom is -0.379 e. The molecule has 0 radical (unpaired) electrons. The van der Waals surface area contributed by atoms with Crippen molar-refractivity contribution >= 4 is 5.91 Å². The minimum absolute atomic E-state index is 0.174. The van der Waals surface area contributed by atoms with E-state index in [4.69, 9.17) is 4.74 Å². The summed E-state index contributed by atoms with van der Waals surface area (Å²) in [5.74, 6) is 0.628. The predicted octanol–water partition coefficient (Wildman–Crippen LogP) is 3.43. The van der Waals surface area contributed by atoms with Crippen LogP contribution in [0.1, 0.15) is 44.1 Å². The molecule has 1 saturated carbocycles. The number of ether oxygens (including phenoxy) is 1. The maximum Gasteiger partial charge on any atom is 0.226 e. The Morgan fingerprint density at radius 2 is 1.86 bits per heavy atom. The molecule has 1 saturated heterocycles. The van der Waals surface area contributed by atoms with Crippen LogP contribution < -0.4 is 0 Å². The number of amides is 1. The summed E-state index contributed by atoms with van der Waals surface area (Å²) in [6.07, 6.45) is 7.90. The molecule has 0 bridgehead atoms. The Labute approximate surface area is 133 Å². The lowest BCUT2D eigenvalue weighted by Crippen LogP contribution is -2.44. The van der Waals surface area contributed by atoms with E-state index in [2.05, 4.69) is 29.2 Å². The summed E-state index contributed by atoms with van der Waals surface area (Å²) >= 11 is 0. The van der Waals surface area contributed by atoms with Crippen molar-refractivity contribution in [3.63, 3.8) is 0 Å². The van der Waals surface area contributed by atoms with Crippen molar-refractivity contribution in [2.24, 2.45) is 5.92 Å². The molecule has 2 aliphatic rings. The number of carbonyl (C=O) groups excluding carboxylic acids is 1. The molecule has 1 heterocycles. The molecule has 0 spiro atoms. The molecule has 120 valence electrons. The third-order valence-electron chi connectivity index (χ3n) is 5.31. The number of benzene rings is 1. The highest BCUT2D eigenvalue weighted by Crippen LogP contribution is 2.30. The van der Waals surface area contributed by atoms with E-state index in [9.17, 15) is 4.79 Å². The van der Waals surface area contributed by atoms with Crippen LogP contribution in [-0.2, 0) is 16.0 Å². The standard InChI is InChI=1S/C19H27NO2/c1-22-18-12-13-20(19(21)16-10-6-3-7-11-16)17(18)14-15-8-4-2-5-9-15/h2,4-5,8-9,16-18H,3,6-7,10-14H2,1H3/t17-,18+/m0/s1. The van der Waals surface area contributed by atoms with Gasteiger partial charge in [-0.2, -0.15) is 0 Å². The van der Waals surface area contributed by atoms with Crippen LogP contribution in [0.5, 0.6) is 0 Å². The molecule has 0 unspecified atom stereocenters. The molecular formula is C19H27NO2. The summed E-state index contributed by atoms with van der Waals surface area (Å²) in [4.78, 5) is 15.1. The molecular weight excluding hydrogens is 274 g/mol. The van der Waals surface area contributed by atoms with Crippen LogP contribution in [0.4, 0.5) is 0 Å². The van der Waals surface area contributed by atoms with Gasteiger partial charge in [0.1, 0.15) is 0 Å². The lowest BCUT2D eigenvalue weighted by atomic mass is 9.88. The van der Waals surface area contributed by atoms with E-state index in [1.165, 1.54) is 24.8 Å². The van der Waals surface area contributed by atoms with E-state index >= 15 is 0 Å². The fourth-order valence-corrected chi connectivity index (χ4v) is 4.06. The first-order valence-electron chi connectivity index (χ1n) is 8.67. The first kappa shape index (κ1) is 15.5. The Morgan fingerprint density at radius 3 is 2.55 bits per heavy atom. The van der Waals surface area contributed by atoms with Crippen LogP contribution in [0.25, 0.3) is 0 Å². The van der Waals surface area contributed by atoms with Crippen LogP contribution in [0.15, 0.2) is 30.3 Å². The second kappa shape index (κ2) is 7.28. The molecule has 2 fully saturated rings. The van der Waals surface area contributed by atoms with Gasteiger partial charge < -0.3 is 9.64 Å². The van der Waals surface area contributed by atoms with Crippen LogP contribution >= 0.6 is 0 Å². The SMILES string of the molecule is CO[C@@H]1CCN(C(=O)C2CCCCC2)[C@H]1Cc1ccccc1. The molecule has 22 heavy (non-hydrogen) atoms. The van der Waals surface area contributed by atoms with E-state index in [0.717, 1.165) is 32.2 Å². The molecule has 1 aliphatic carbocycles. The lowest BCUT2D eigenvalue weighted by Gasteiger charge is -2.32. The number of likely N-dealkylation sites (tertiary alicyclic amines) is 1. The van der Waals surface area contributed by atoms with E-state index < -0.39 is 0 Å². The number of rotatable bonds is 4. The Hall–Kier alpha value is -1.35. The summed E-state index contributed by atoms with van der Waals surface area (Å²) < 4.78 is 5.67. The zero-order chi connectivity index (χ0) is 15.4. The third-order valence-corrected chi connectivity index (χ3v) is 5.31. The fraction of sp³-hybridized carbons (Fsp3) is 0.632. The lowest BCUT2D eigenvalue weighted by molar-refractivity contribution is -0.138. The summed E-state index contributed by atoms with van der Waals surface area (Å²) in [5.41, 5.74) is 1.29. The van der Waals surface area contributed by atoms with Crippen molar-refractivity contribution in [3.05, 3.63) is 35.9 Å². The number of methoxy groups -OCH3 is 1. The molecule has 2 atom stereocenters. The van der Waals surface area contributed by atoms with Crippen LogP contribution in [0.2, 0.25) is 0 Å². The van der Waals surface area contributed by atoms with Gasteiger partial charge in [-0.15, -0.1) is 0 Å². The fourth-order valence-electron chi connectivity index (χ4n) is 4.06. The highest BCUT2D eigenvalue weighted by molar-refractivity contribution is 5.79. The number of carbonyl (C=O) groups is 1. The van der Waals surface area contributed by atoms with Gasteiger partial charge in [-0.25, -0.2) is 0 Å². The first-order chi connectivity index (χ1) is 10.8. The highest BCUT2D eigenvalue weighted by atomic mass is 16.5. The highest BCUT2D eigenvalue weighted by Gasteiger charge is 2.39. The molecule has 1 aliphatic heterocycles. The van der Waals surface area contributed by atoms with Crippen molar-refractivity contribution in [1.82, 2.24) is 4.90 Å². The molecule has 1 amide bonds. The van der Waals surface area contributed by atoms with E-state index in [0.29, 0.717) is 5.91 Å².